The van der Waals surface area contributed by atoms with Crippen LogP contribution in [0.3, 0.4) is 0 Å². The fourth-order valence-corrected chi connectivity index (χ4v) is 2.35. The van der Waals surface area contributed by atoms with Gasteiger partial charge >= 0.3 is 0 Å². The molecule has 0 bridgehead atoms. The molecule has 1 aromatic carbocycles. The van der Waals surface area contributed by atoms with E-state index in [4.69, 9.17) is 16.7 Å². The average Bonchev–Trinajstić information content (AvgIpc) is 2.46. The molecule has 6 nitrogen and oxygen atoms in total. The van der Waals surface area contributed by atoms with Crippen LogP contribution in [0.4, 0.5) is 14.6 Å². The Kier molecular flexibility index (Phi) is 4.32. The highest BCUT2D eigenvalue weighted by Gasteiger charge is 2.27. The average molecular weight is 368 g/mol. The summed E-state index contributed by atoms with van der Waals surface area (Å²) in [6.07, 6.45) is 0. The van der Waals surface area contributed by atoms with E-state index in [0.29, 0.717) is 0 Å². The van der Waals surface area contributed by atoms with Gasteiger partial charge in [0.25, 0.3) is 0 Å². The number of anilines is 1. The highest BCUT2D eigenvalue weighted by molar-refractivity contribution is 9.10. The largest absolute Gasteiger partial charge is 0.381 e. The smallest absolute Gasteiger partial charge is 0.231 e. The Labute approximate surface area is 131 Å². The van der Waals surface area contributed by atoms with E-state index in [0.717, 1.165) is 12.1 Å². The zero-order chi connectivity index (χ0) is 16.4. The summed E-state index contributed by atoms with van der Waals surface area (Å²) in [4.78, 5) is 19.5. The van der Waals surface area contributed by atoms with Crippen molar-refractivity contribution in [1.82, 2.24) is 9.97 Å². The van der Waals surface area contributed by atoms with Crippen molar-refractivity contribution in [3.63, 3.8) is 0 Å². The van der Waals surface area contributed by atoms with Crippen molar-refractivity contribution >= 4 is 27.7 Å². The Hall–Kier alpha value is -2.60. The van der Waals surface area contributed by atoms with Crippen LogP contribution in [0.25, 0.3) is 0 Å². The molecule has 1 heterocycles. The van der Waals surface area contributed by atoms with Gasteiger partial charge in [-0.2, -0.15) is 5.26 Å². The number of nitriles is 1. The number of carbonyl (C=O) groups excluding carboxylic acids is 1. The third-order valence-electron chi connectivity index (χ3n) is 2.85. The maximum Gasteiger partial charge on any atom is 0.231 e. The minimum Gasteiger partial charge on any atom is -0.381 e. The van der Waals surface area contributed by atoms with Crippen LogP contribution in [0, 0.1) is 23.0 Å². The molecule has 0 fully saturated rings. The second-order valence-electron chi connectivity index (χ2n) is 4.25. The molecule has 0 aliphatic heterocycles. The van der Waals surface area contributed by atoms with Gasteiger partial charge in [-0.15, -0.1) is 0 Å². The van der Waals surface area contributed by atoms with Gasteiger partial charge in [0, 0.05) is 0 Å². The van der Waals surface area contributed by atoms with Crippen molar-refractivity contribution in [2.75, 3.05) is 5.73 Å². The van der Waals surface area contributed by atoms with Crippen LogP contribution in [0.5, 0.6) is 0 Å². The number of benzene rings is 1. The second kappa shape index (κ2) is 6.03. The number of nitrogens with two attached hydrogens (primary N) is 2. The molecule has 1 amide bonds. The Morgan fingerprint density at radius 3 is 2.55 bits per heavy atom. The van der Waals surface area contributed by atoms with Gasteiger partial charge in [0.1, 0.15) is 16.6 Å². The van der Waals surface area contributed by atoms with Crippen LogP contribution in [-0.2, 0) is 4.79 Å². The predicted octanol–water partition coefficient (Wildman–Crippen LogP) is 1.59. The van der Waals surface area contributed by atoms with Crippen molar-refractivity contribution in [2.24, 2.45) is 5.73 Å². The summed E-state index contributed by atoms with van der Waals surface area (Å²) in [6.45, 7) is 0. The van der Waals surface area contributed by atoms with Crippen molar-refractivity contribution in [3.05, 3.63) is 51.4 Å². The number of nitrogens with zero attached hydrogens (tertiary/aromatic N) is 3. The minimum absolute atomic E-state index is 0.00927. The molecule has 4 N–H and O–H groups in total. The molecular weight excluding hydrogens is 360 g/mol. The van der Waals surface area contributed by atoms with Crippen LogP contribution in [-0.4, -0.2) is 15.9 Å². The highest BCUT2D eigenvalue weighted by Crippen LogP contribution is 2.30. The molecule has 0 saturated heterocycles. The Balaban J connectivity index is 2.63. The van der Waals surface area contributed by atoms with E-state index in [2.05, 4.69) is 25.9 Å². The fraction of sp³-hybridized carbons (Fsp3) is 0.0769. The second-order valence-corrected chi connectivity index (χ2v) is 5.01. The van der Waals surface area contributed by atoms with Crippen molar-refractivity contribution in [3.8, 4) is 6.07 Å². The van der Waals surface area contributed by atoms with E-state index in [1.165, 1.54) is 6.07 Å². The zero-order valence-electron chi connectivity index (χ0n) is 10.8. The van der Waals surface area contributed by atoms with Gasteiger partial charge in [-0.3, -0.25) is 4.79 Å². The quantitative estimate of drug-likeness (QED) is 0.853. The first-order valence-electron chi connectivity index (χ1n) is 5.82. The van der Waals surface area contributed by atoms with Gasteiger partial charge in [0.05, 0.1) is 5.69 Å². The molecule has 112 valence electrons. The maximum absolute atomic E-state index is 13.4. The fourth-order valence-electron chi connectivity index (χ4n) is 1.86. The summed E-state index contributed by atoms with van der Waals surface area (Å²) in [5.74, 6) is -4.45. The number of hydrogen-bond acceptors (Lipinski definition) is 5. The Bertz CT molecular complexity index is 806. The summed E-state index contributed by atoms with van der Waals surface area (Å²) >= 11 is 3.07. The summed E-state index contributed by atoms with van der Waals surface area (Å²) in [7, 11) is 0. The van der Waals surface area contributed by atoms with Crippen molar-refractivity contribution in [1.29, 1.82) is 5.26 Å². The summed E-state index contributed by atoms with van der Waals surface area (Å²) in [6, 6.07) is 4.65. The molecule has 0 aliphatic carbocycles. The first-order chi connectivity index (χ1) is 10.3. The molecule has 0 radical (unpaired) electrons. The zero-order valence-corrected chi connectivity index (χ0v) is 12.4. The molecule has 1 atom stereocenters. The van der Waals surface area contributed by atoms with Crippen molar-refractivity contribution in [2.45, 2.75) is 5.92 Å². The molecule has 9 heteroatoms. The van der Waals surface area contributed by atoms with Crippen LogP contribution in [0.15, 0.2) is 22.8 Å². The lowest BCUT2D eigenvalue weighted by atomic mass is 9.95. The summed E-state index contributed by atoms with van der Waals surface area (Å²) < 4.78 is 26.5. The number of nitrogen functional groups attached to an aromatic ring is 1. The van der Waals surface area contributed by atoms with E-state index in [9.17, 15) is 13.6 Å². The van der Waals surface area contributed by atoms with Gasteiger partial charge in [-0.05, 0) is 33.6 Å². The van der Waals surface area contributed by atoms with Crippen LogP contribution in [0.2, 0.25) is 0 Å². The Morgan fingerprint density at radius 2 is 2.00 bits per heavy atom. The lowest BCUT2D eigenvalue weighted by molar-refractivity contribution is -0.118. The van der Waals surface area contributed by atoms with Gasteiger partial charge in [-0.1, -0.05) is 6.07 Å². The summed E-state index contributed by atoms with van der Waals surface area (Å²) in [5, 5.41) is 8.83. The monoisotopic (exact) mass is 367 g/mol. The number of aromatic nitrogens is 2. The molecule has 0 spiro atoms. The minimum atomic E-state index is -1.20. The van der Waals surface area contributed by atoms with E-state index in [1.54, 1.807) is 6.07 Å². The first kappa shape index (κ1) is 15.8. The molecule has 0 unspecified atom stereocenters. The molecule has 22 heavy (non-hydrogen) atoms. The first-order valence-corrected chi connectivity index (χ1v) is 6.61. The molecule has 2 rings (SSSR count). The standard InChI is InChI=1S/C13H8BrF2N5O/c14-11-10(21-12(18)8(4-17)20-11)9(13(19)22)5-1-2-6(15)7(16)3-5/h1-3,9H,(H2,18,21)(H2,19,22)/t9-/m0/s1. The molecule has 0 aliphatic rings. The Morgan fingerprint density at radius 1 is 1.32 bits per heavy atom. The van der Waals surface area contributed by atoms with Crippen molar-refractivity contribution < 1.29 is 13.6 Å². The van der Waals surface area contributed by atoms with Gasteiger partial charge in [0.2, 0.25) is 5.91 Å². The number of rotatable bonds is 3. The number of hydrogen-bond donors (Lipinski definition) is 2. The van der Waals surface area contributed by atoms with Crippen LogP contribution >= 0.6 is 15.9 Å². The van der Waals surface area contributed by atoms with Crippen LogP contribution in [0.1, 0.15) is 22.9 Å². The number of amides is 1. The number of halogens is 3. The lowest BCUT2D eigenvalue weighted by Gasteiger charge is -2.15. The van der Waals surface area contributed by atoms with E-state index < -0.39 is 23.5 Å². The lowest BCUT2D eigenvalue weighted by Crippen LogP contribution is -2.25. The molecule has 1 aromatic heterocycles. The third kappa shape index (κ3) is 2.87. The molecular formula is C13H8BrF2N5O. The maximum atomic E-state index is 13.4. The molecule has 2 aromatic rings. The third-order valence-corrected chi connectivity index (χ3v) is 3.43. The van der Waals surface area contributed by atoms with E-state index in [1.807, 2.05) is 0 Å². The SMILES string of the molecule is N#Cc1nc(Br)c([C@@H](C(N)=O)c2ccc(F)c(F)c2)nc1N. The topological polar surface area (TPSA) is 119 Å². The van der Waals surface area contributed by atoms with Gasteiger partial charge < -0.3 is 11.5 Å². The highest BCUT2D eigenvalue weighted by atomic mass is 79.9. The summed E-state index contributed by atoms with van der Waals surface area (Å²) in [5.41, 5.74) is 10.9. The molecule has 0 saturated carbocycles. The van der Waals surface area contributed by atoms with Gasteiger partial charge in [-0.25, -0.2) is 18.7 Å². The normalized spacial score (nSPS) is 11.7. The predicted molar refractivity (Wildman–Crippen MR) is 76.3 cm³/mol. The number of primary amides is 1. The van der Waals surface area contributed by atoms with Crippen LogP contribution < -0.4 is 11.5 Å². The van der Waals surface area contributed by atoms with Gasteiger partial charge in [0.15, 0.2) is 23.1 Å². The van der Waals surface area contributed by atoms with E-state index >= 15 is 0 Å². The van der Waals surface area contributed by atoms with E-state index in [-0.39, 0.29) is 27.4 Å². The number of carbonyl (C=O) groups is 1.